The molecule has 0 radical (unpaired) electrons. The molecule has 0 aliphatic heterocycles. The summed E-state index contributed by atoms with van der Waals surface area (Å²) in [5.74, 6) is -2.40. The van der Waals surface area contributed by atoms with Gasteiger partial charge >= 0.3 is 0 Å². The van der Waals surface area contributed by atoms with E-state index in [2.05, 4.69) is 0 Å². The second-order valence-electron chi connectivity index (χ2n) is 3.64. The lowest BCUT2D eigenvalue weighted by molar-refractivity contribution is 0.0594. The third-order valence-corrected chi connectivity index (χ3v) is 2.86. The van der Waals surface area contributed by atoms with E-state index in [1.807, 2.05) is 0 Å². The molecule has 2 N–H and O–H groups in total. The van der Waals surface area contributed by atoms with Crippen molar-refractivity contribution in [2.75, 3.05) is 0 Å². The van der Waals surface area contributed by atoms with Crippen molar-refractivity contribution < 1.29 is 8.78 Å². The number of rotatable bonds is 0. The van der Waals surface area contributed by atoms with Crippen LogP contribution in [0.3, 0.4) is 0 Å². The van der Waals surface area contributed by atoms with E-state index in [0.29, 0.717) is 19.3 Å². The summed E-state index contributed by atoms with van der Waals surface area (Å²) in [6.07, 6.45) is 3.53. The zero-order chi connectivity index (χ0) is 8.11. The smallest absolute Gasteiger partial charge is 0.254 e. The summed E-state index contributed by atoms with van der Waals surface area (Å²) in [6.45, 7) is 0. The summed E-state index contributed by atoms with van der Waals surface area (Å²) < 4.78 is 25.5. The van der Waals surface area contributed by atoms with Crippen molar-refractivity contribution in [1.29, 1.82) is 0 Å². The molecule has 0 amide bonds. The van der Waals surface area contributed by atoms with Crippen molar-refractivity contribution in [3.8, 4) is 0 Å². The second-order valence-corrected chi connectivity index (χ2v) is 3.64. The van der Waals surface area contributed by atoms with E-state index >= 15 is 0 Å². The average Bonchev–Trinajstić information content (AvgIpc) is 2.44. The van der Waals surface area contributed by atoms with Crippen LogP contribution in [-0.4, -0.2) is 5.92 Å². The largest absolute Gasteiger partial charge is 0.402 e. The van der Waals surface area contributed by atoms with Gasteiger partial charge in [-0.25, -0.2) is 8.78 Å². The SMILES string of the molecule is NC1=CCC2(CC1)CC2(F)F. The first kappa shape index (κ1) is 7.07. The van der Waals surface area contributed by atoms with Crippen LogP contribution in [0, 0.1) is 5.41 Å². The van der Waals surface area contributed by atoms with Gasteiger partial charge in [-0.3, -0.25) is 0 Å². The minimum absolute atomic E-state index is 0.0732. The minimum Gasteiger partial charge on any atom is -0.402 e. The Balaban J connectivity index is 2.12. The number of nitrogens with two attached hydrogens (primary N) is 1. The fourth-order valence-electron chi connectivity index (χ4n) is 1.79. The maximum atomic E-state index is 12.7. The molecular weight excluding hydrogens is 148 g/mol. The molecule has 1 unspecified atom stereocenters. The molecule has 1 fully saturated rings. The molecule has 2 rings (SSSR count). The van der Waals surface area contributed by atoms with Gasteiger partial charge in [-0.2, -0.15) is 0 Å². The molecule has 0 aromatic rings. The molecule has 3 heteroatoms. The Hall–Kier alpha value is -0.600. The lowest BCUT2D eigenvalue weighted by Crippen LogP contribution is -2.16. The highest BCUT2D eigenvalue weighted by atomic mass is 19.3. The van der Waals surface area contributed by atoms with Gasteiger partial charge in [0.05, 0.1) is 0 Å². The summed E-state index contributed by atoms with van der Waals surface area (Å²) >= 11 is 0. The van der Waals surface area contributed by atoms with Crippen molar-refractivity contribution in [3.05, 3.63) is 11.8 Å². The maximum Gasteiger partial charge on any atom is 0.254 e. The van der Waals surface area contributed by atoms with Crippen LogP contribution in [0.2, 0.25) is 0 Å². The Morgan fingerprint density at radius 3 is 2.45 bits per heavy atom. The van der Waals surface area contributed by atoms with Gasteiger partial charge in [0.2, 0.25) is 0 Å². The average molecular weight is 159 g/mol. The van der Waals surface area contributed by atoms with Gasteiger partial charge in [0.25, 0.3) is 5.92 Å². The fraction of sp³-hybridized carbons (Fsp3) is 0.750. The van der Waals surface area contributed by atoms with Crippen molar-refractivity contribution in [1.82, 2.24) is 0 Å². The molecule has 0 bridgehead atoms. The van der Waals surface area contributed by atoms with Crippen molar-refractivity contribution in [3.63, 3.8) is 0 Å². The summed E-state index contributed by atoms with van der Waals surface area (Å²) in [5.41, 5.74) is 5.58. The van der Waals surface area contributed by atoms with Gasteiger partial charge in [-0.15, -0.1) is 0 Å². The third-order valence-electron chi connectivity index (χ3n) is 2.86. The Labute approximate surface area is 64.3 Å². The number of hydrogen-bond donors (Lipinski definition) is 1. The molecule has 2 aliphatic carbocycles. The van der Waals surface area contributed by atoms with E-state index in [9.17, 15) is 8.78 Å². The Morgan fingerprint density at radius 2 is 2.09 bits per heavy atom. The fourth-order valence-corrected chi connectivity index (χ4v) is 1.79. The van der Waals surface area contributed by atoms with Crippen LogP contribution in [0.1, 0.15) is 25.7 Å². The van der Waals surface area contributed by atoms with E-state index in [1.165, 1.54) is 0 Å². The normalized spacial score (nSPS) is 40.4. The van der Waals surface area contributed by atoms with E-state index in [0.717, 1.165) is 5.70 Å². The van der Waals surface area contributed by atoms with Crippen LogP contribution in [0.25, 0.3) is 0 Å². The van der Waals surface area contributed by atoms with Gasteiger partial charge in [-0.1, -0.05) is 6.08 Å². The van der Waals surface area contributed by atoms with Crippen LogP contribution < -0.4 is 5.73 Å². The van der Waals surface area contributed by atoms with E-state index in [1.54, 1.807) is 6.08 Å². The maximum absolute atomic E-state index is 12.7. The number of hydrogen-bond acceptors (Lipinski definition) is 1. The summed E-state index contributed by atoms with van der Waals surface area (Å²) in [5, 5.41) is 0. The molecule has 0 saturated heterocycles. The van der Waals surface area contributed by atoms with Crippen LogP contribution in [0.4, 0.5) is 8.78 Å². The highest BCUT2D eigenvalue weighted by Crippen LogP contribution is 2.66. The van der Waals surface area contributed by atoms with Crippen molar-refractivity contribution in [2.45, 2.75) is 31.6 Å². The predicted octanol–water partition coefficient (Wildman–Crippen LogP) is 2.04. The summed E-state index contributed by atoms with van der Waals surface area (Å²) in [7, 11) is 0. The molecule has 0 aromatic heterocycles. The number of halogens is 2. The van der Waals surface area contributed by atoms with E-state index < -0.39 is 11.3 Å². The van der Waals surface area contributed by atoms with E-state index in [4.69, 9.17) is 5.73 Å². The molecule has 1 nitrogen and oxygen atoms in total. The minimum atomic E-state index is -2.40. The number of alkyl halides is 2. The topological polar surface area (TPSA) is 26.0 Å². The lowest BCUT2D eigenvalue weighted by Gasteiger charge is -2.19. The summed E-state index contributed by atoms with van der Waals surface area (Å²) in [4.78, 5) is 0. The molecule has 1 atom stereocenters. The predicted molar refractivity (Wildman–Crippen MR) is 38.1 cm³/mol. The third kappa shape index (κ3) is 0.865. The van der Waals surface area contributed by atoms with Gasteiger partial charge in [-0.05, 0) is 19.3 Å². The van der Waals surface area contributed by atoms with Crippen LogP contribution >= 0.6 is 0 Å². The summed E-state index contributed by atoms with van der Waals surface area (Å²) in [6, 6.07) is 0. The standard InChI is InChI=1S/C8H11F2N/c9-8(10)5-7(8)3-1-6(11)2-4-7/h1H,2-5,11H2. The molecule has 0 heterocycles. The first-order valence-electron chi connectivity index (χ1n) is 3.88. The Bertz CT molecular complexity index is 222. The first-order chi connectivity index (χ1) is 5.06. The molecule has 62 valence electrons. The van der Waals surface area contributed by atoms with Crippen LogP contribution in [-0.2, 0) is 0 Å². The van der Waals surface area contributed by atoms with Gasteiger partial charge in [0.15, 0.2) is 0 Å². The second kappa shape index (κ2) is 1.76. The molecule has 2 aliphatic rings. The Kier molecular flexibility index (Phi) is 1.13. The zero-order valence-corrected chi connectivity index (χ0v) is 6.24. The van der Waals surface area contributed by atoms with Crippen LogP contribution in [0.15, 0.2) is 11.8 Å². The highest BCUT2D eigenvalue weighted by Gasteiger charge is 2.69. The molecule has 1 saturated carbocycles. The zero-order valence-electron chi connectivity index (χ0n) is 6.24. The first-order valence-corrected chi connectivity index (χ1v) is 3.88. The van der Waals surface area contributed by atoms with Crippen LogP contribution in [0.5, 0.6) is 0 Å². The van der Waals surface area contributed by atoms with Gasteiger partial charge in [0.1, 0.15) is 0 Å². The van der Waals surface area contributed by atoms with E-state index in [-0.39, 0.29) is 6.42 Å². The lowest BCUT2D eigenvalue weighted by atomic mass is 9.89. The molecule has 1 spiro atoms. The Morgan fingerprint density at radius 1 is 1.45 bits per heavy atom. The monoisotopic (exact) mass is 159 g/mol. The van der Waals surface area contributed by atoms with Gasteiger partial charge < -0.3 is 5.73 Å². The molecular formula is C8H11F2N. The molecule has 11 heavy (non-hydrogen) atoms. The molecule has 0 aromatic carbocycles. The quantitative estimate of drug-likeness (QED) is 0.575. The van der Waals surface area contributed by atoms with Gasteiger partial charge in [0, 0.05) is 17.5 Å². The van der Waals surface area contributed by atoms with Crippen molar-refractivity contribution >= 4 is 0 Å². The highest BCUT2D eigenvalue weighted by molar-refractivity contribution is 5.19. The van der Waals surface area contributed by atoms with Crippen molar-refractivity contribution in [2.24, 2.45) is 11.1 Å². The number of allylic oxidation sites excluding steroid dienone is 2.